The van der Waals surface area contributed by atoms with Crippen molar-refractivity contribution >= 4 is 5.96 Å². The fourth-order valence-corrected chi connectivity index (χ4v) is 3.86. The molecule has 0 amide bonds. The lowest BCUT2D eigenvalue weighted by molar-refractivity contribution is 0.131. The molecular formula is C19H36N4O. The number of nitrogens with zero attached hydrogens (tertiary/aromatic N) is 3. The van der Waals surface area contributed by atoms with E-state index in [1.165, 1.54) is 58.2 Å². The topological polar surface area (TPSA) is 40.1 Å². The van der Waals surface area contributed by atoms with Crippen LogP contribution in [0.4, 0.5) is 0 Å². The Kier molecular flexibility index (Phi) is 7.21. The van der Waals surface area contributed by atoms with Crippen LogP contribution in [0, 0.1) is 11.8 Å². The van der Waals surface area contributed by atoms with Crippen molar-refractivity contribution in [3.8, 4) is 0 Å². The third-order valence-corrected chi connectivity index (χ3v) is 5.43. The number of nitrogens with one attached hydrogen (secondary N) is 1. The van der Waals surface area contributed by atoms with E-state index in [9.17, 15) is 0 Å². The van der Waals surface area contributed by atoms with Gasteiger partial charge in [0.05, 0.1) is 13.2 Å². The van der Waals surface area contributed by atoms with Gasteiger partial charge < -0.3 is 19.9 Å². The molecule has 2 heterocycles. The Labute approximate surface area is 147 Å². The minimum atomic E-state index is 0.760. The number of rotatable bonds is 8. The third kappa shape index (κ3) is 5.92. The third-order valence-electron chi connectivity index (χ3n) is 5.43. The molecule has 0 aromatic heterocycles. The average molecular weight is 337 g/mol. The summed E-state index contributed by atoms with van der Waals surface area (Å²) in [6.07, 6.45) is 8.23. The van der Waals surface area contributed by atoms with Crippen LogP contribution in [0.25, 0.3) is 0 Å². The molecule has 1 saturated carbocycles. The van der Waals surface area contributed by atoms with E-state index in [0.717, 1.165) is 57.2 Å². The smallest absolute Gasteiger partial charge is 0.194 e. The molecule has 1 unspecified atom stereocenters. The second-order valence-electron chi connectivity index (χ2n) is 7.72. The summed E-state index contributed by atoms with van der Waals surface area (Å²) in [7, 11) is 0. The van der Waals surface area contributed by atoms with Gasteiger partial charge in [-0.2, -0.15) is 0 Å². The van der Waals surface area contributed by atoms with E-state index in [2.05, 4.69) is 22.0 Å². The van der Waals surface area contributed by atoms with E-state index in [0.29, 0.717) is 0 Å². The van der Waals surface area contributed by atoms with Crippen molar-refractivity contribution < 1.29 is 4.74 Å². The number of hydrogen-bond donors (Lipinski definition) is 1. The minimum absolute atomic E-state index is 0.760. The van der Waals surface area contributed by atoms with Crippen LogP contribution in [0.5, 0.6) is 0 Å². The molecule has 3 aliphatic rings. The molecule has 24 heavy (non-hydrogen) atoms. The number of guanidine groups is 1. The number of piperidine rings is 1. The number of ether oxygens (including phenoxy) is 1. The lowest BCUT2D eigenvalue weighted by atomic mass is 10.1. The number of hydrogen-bond acceptors (Lipinski definition) is 3. The zero-order valence-corrected chi connectivity index (χ0v) is 15.5. The molecule has 2 aliphatic heterocycles. The van der Waals surface area contributed by atoms with Gasteiger partial charge in [0.2, 0.25) is 0 Å². The molecule has 3 rings (SSSR count). The predicted molar refractivity (Wildman–Crippen MR) is 99.5 cm³/mol. The Morgan fingerprint density at radius 3 is 2.67 bits per heavy atom. The van der Waals surface area contributed by atoms with Crippen LogP contribution in [-0.4, -0.2) is 74.8 Å². The standard InChI is InChI=1S/C19H36N4O/c1-2-20-19(21-9-13-24-16-17-6-7-17)23-12-8-18(15-23)14-22-10-4-3-5-11-22/h17-18H,2-16H2,1H3,(H,20,21). The van der Waals surface area contributed by atoms with Gasteiger partial charge in [-0.3, -0.25) is 4.99 Å². The second-order valence-corrected chi connectivity index (χ2v) is 7.72. The lowest BCUT2D eigenvalue weighted by Crippen LogP contribution is -2.41. The largest absolute Gasteiger partial charge is 0.379 e. The summed E-state index contributed by atoms with van der Waals surface area (Å²) in [6, 6.07) is 0. The van der Waals surface area contributed by atoms with Gasteiger partial charge in [0.25, 0.3) is 0 Å². The first kappa shape index (κ1) is 18.0. The van der Waals surface area contributed by atoms with E-state index < -0.39 is 0 Å². The fraction of sp³-hybridized carbons (Fsp3) is 0.947. The lowest BCUT2D eigenvalue weighted by Gasteiger charge is -2.29. The van der Waals surface area contributed by atoms with Crippen LogP contribution in [0.3, 0.4) is 0 Å². The Balaban J connectivity index is 1.39. The molecule has 1 N–H and O–H groups in total. The van der Waals surface area contributed by atoms with E-state index in [4.69, 9.17) is 9.73 Å². The predicted octanol–water partition coefficient (Wildman–Crippen LogP) is 2.19. The van der Waals surface area contributed by atoms with Crippen molar-refractivity contribution in [2.75, 3.05) is 59.0 Å². The fourth-order valence-electron chi connectivity index (χ4n) is 3.86. The molecule has 2 saturated heterocycles. The van der Waals surface area contributed by atoms with E-state index >= 15 is 0 Å². The molecule has 0 aromatic carbocycles. The SMILES string of the molecule is CCNC(=NCCOCC1CC1)N1CCC(CN2CCCCC2)C1. The van der Waals surface area contributed by atoms with Crippen molar-refractivity contribution in [1.29, 1.82) is 0 Å². The van der Waals surface area contributed by atoms with Crippen molar-refractivity contribution in [3.63, 3.8) is 0 Å². The summed E-state index contributed by atoms with van der Waals surface area (Å²) in [4.78, 5) is 9.92. The van der Waals surface area contributed by atoms with Crippen LogP contribution < -0.4 is 5.32 Å². The van der Waals surface area contributed by atoms with Gasteiger partial charge in [-0.25, -0.2) is 0 Å². The van der Waals surface area contributed by atoms with Crippen LogP contribution in [0.1, 0.15) is 45.4 Å². The van der Waals surface area contributed by atoms with E-state index in [1.54, 1.807) is 0 Å². The quantitative estimate of drug-likeness (QED) is 0.419. The maximum Gasteiger partial charge on any atom is 0.194 e. The Bertz CT molecular complexity index is 391. The van der Waals surface area contributed by atoms with Gasteiger partial charge in [0.15, 0.2) is 5.96 Å². The van der Waals surface area contributed by atoms with Gasteiger partial charge in [-0.05, 0) is 64.0 Å². The summed E-state index contributed by atoms with van der Waals surface area (Å²) in [5.41, 5.74) is 0. The molecule has 0 aromatic rings. The van der Waals surface area contributed by atoms with Crippen LogP contribution in [-0.2, 0) is 4.74 Å². The zero-order valence-electron chi connectivity index (χ0n) is 15.5. The molecule has 5 heteroatoms. The first-order valence-corrected chi connectivity index (χ1v) is 10.2. The van der Waals surface area contributed by atoms with Crippen molar-refractivity contribution in [2.24, 2.45) is 16.8 Å². The van der Waals surface area contributed by atoms with Crippen molar-refractivity contribution in [1.82, 2.24) is 15.1 Å². The zero-order chi connectivity index (χ0) is 16.6. The van der Waals surface area contributed by atoms with E-state index in [-0.39, 0.29) is 0 Å². The van der Waals surface area contributed by atoms with Crippen LogP contribution >= 0.6 is 0 Å². The highest BCUT2D eigenvalue weighted by atomic mass is 16.5. The number of aliphatic imine (C=N–C) groups is 1. The molecule has 0 radical (unpaired) electrons. The Morgan fingerprint density at radius 2 is 1.92 bits per heavy atom. The molecule has 138 valence electrons. The Hall–Kier alpha value is -0.810. The van der Waals surface area contributed by atoms with Gasteiger partial charge in [-0.15, -0.1) is 0 Å². The summed E-state index contributed by atoms with van der Waals surface area (Å²) in [6.45, 7) is 11.8. The van der Waals surface area contributed by atoms with Crippen LogP contribution in [0.2, 0.25) is 0 Å². The molecule has 1 aliphatic carbocycles. The Morgan fingerprint density at radius 1 is 1.08 bits per heavy atom. The van der Waals surface area contributed by atoms with Gasteiger partial charge in [-0.1, -0.05) is 6.42 Å². The average Bonchev–Trinajstić information content (AvgIpc) is 3.32. The minimum Gasteiger partial charge on any atom is -0.379 e. The molecule has 1 atom stereocenters. The maximum absolute atomic E-state index is 5.71. The highest BCUT2D eigenvalue weighted by Crippen LogP contribution is 2.28. The molecule has 3 fully saturated rings. The maximum atomic E-state index is 5.71. The van der Waals surface area contributed by atoms with Gasteiger partial charge in [0, 0.05) is 32.8 Å². The normalized spacial score (nSPS) is 26.1. The van der Waals surface area contributed by atoms with Crippen molar-refractivity contribution in [3.05, 3.63) is 0 Å². The second kappa shape index (κ2) is 9.62. The molecule has 0 spiro atoms. The highest BCUT2D eigenvalue weighted by molar-refractivity contribution is 5.80. The van der Waals surface area contributed by atoms with Crippen molar-refractivity contribution in [2.45, 2.75) is 45.4 Å². The first-order valence-electron chi connectivity index (χ1n) is 10.2. The first-order chi connectivity index (χ1) is 11.8. The summed E-state index contributed by atoms with van der Waals surface area (Å²) in [5.74, 6) is 2.74. The molecule has 5 nitrogen and oxygen atoms in total. The summed E-state index contributed by atoms with van der Waals surface area (Å²) < 4.78 is 5.71. The van der Waals surface area contributed by atoms with E-state index in [1.807, 2.05) is 0 Å². The number of likely N-dealkylation sites (tertiary alicyclic amines) is 2. The highest BCUT2D eigenvalue weighted by Gasteiger charge is 2.27. The molecular weight excluding hydrogens is 300 g/mol. The van der Waals surface area contributed by atoms with Gasteiger partial charge >= 0.3 is 0 Å². The summed E-state index contributed by atoms with van der Waals surface area (Å²) >= 11 is 0. The van der Waals surface area contributed by atoms with Gasteiger partial charge in [0.1, 0.15) is 0 Å². The molecule has 0 bridgehead atoms. The summed E-state index contributed by atoms with van der Waals surface area (Å²) in [5, 5.41) is 3.47. The van der Waals surface area contributed by atoms with Crippen LogP contribution in [0.15, 0.2) is 4.99 Å². The monoisotopic (exact) mass is 336 g/mol.